The number of thiophene rings is 1. The van der Waals surface area contributed by atoms with Gasteiger partial charge in [-0.3, -0.25) is 14.4 Å². The molecule has 0 aliphatic heterocycles. The van der Waals surface area contributed by atoms with Crippen LogP contribution in [0.3, 0.4) is 0 Å². The van der Waals surface area contributed by atoms with Crippen molar-refractivity contribution in [1.82, 2.24) is 4.98 Å². The Bertz CT molecular complexity index is 911. The Morgan fingerprint density at radius 1 is 0.960 bits per heavy atom. The summed E-state index contributed by atoms with van der Waals surface area (Å²) < 4.78 is 0. The molecule has 0 unspecified atom stereocenters. The fourth-order valence-electron chi connectivity index (χ4n) is 2.16. The van der Waals surface area contributed by atoms with Crippen molar-refractivity contribution in [3.05, 3.63) is 70.2 Å². The van der Waals surface area contributed by atoms with Crippen LogP contribution < -0.4 is 10.6 Å². The van der Waals surface area contributed by atoms with Crippen LogP contribution in [0.1, 0.15) is 37.4 Å². The third-order valence-corrected chi connectivity index (χ3v) is 4.35. The van der Waals surface area contributed by atoms with Gasteiger partial charge in [-0.05, 0) is 48.7 Å². The van der Waals surface area contributed by atoms with Crippen LogP contribution in [0.5, 0.6) is 0 Å². The Morgan fingerprint density at radius 3 is 2.12 bits per heavy atom. The molecule has 0 radical (unpaired) electrons. The first-order valence-electron chi connectivity index (χ1n) is 7.48. The lowest BCUT2D eigenvalue weighted by Gasteiger charge is -2.07. The summed E-state index contributed by atoms with van der Waals surface area (Å²) in [6.07, 6.45) is 1.50. The van der Waals surface area contributed by atoms with Gasteiger partial charge in [-0.25, -0.2) is 0 Å². The second-order valence-electron chi connectivity index (χ2n) is 5.32. The van der Waals surface area contributed by atoms with E-state index in [9.17, 15) is 14.4 Å². The lowest BCUT2D eigenvalue weighted by molar-refractivity contribution is 0.101. The molecule has 2 heterocycles. The van der Waals surface area contributed by atoms with Gasteiger partial charge in [-0.1, -0.05) is 6.07 Å². The normalized spacial score (nSPS) is 10.3. The van der Waals surface area contributed by atoms with Gasteiger partial charge in [0.2, 0.25) is 0 Å². The maximum atomic E-state index is 12.1. The lowest BCUT2D eigenvalue weighted by atomic mass is 10.2. The van der Waals surface area contributed by atoms with Crippen LogP contribution in [-0.2, 0) is 0 Å². The summed E-state index contributed by atoms with van der Waals surface area (Å²) in [5.41, 5.74) is 1.98. The Balaban J connectivity index is 1.63. The molecule has 0 saturated heterocycles. The zero-order valence-corrected chi connectivity index (χ0v) is 14.1. The molecule has 2 amide bonds. The van der Waals surface area contributed by atoms with Crippen molar-refractivity contribution in [1.29, 1.82) is 0 Å². The Labute approximate surface area is 147 Å². The summed E-state index contributed by atoms with van der Waals surface area (Å²) in [5, 5.41) is 7.35. The fraction of sp³-hybridized carbons (Fsp3) is 0.0556. The fourth-order valence-corrected chi connectivity index (χ4v) is 2.78. The van der Waals surface area contributed by atoms with Crippen molar-refractivity contribution in [2.45, 2.75) is 6.92 Å². The number of hydrogen-bond donors (Lipinski definition) is 3. The molecule has 0 atom stereocenters. The largest absolute Gasteiger partial charge is 0.356 e. The molecule has 0 aliphatic rings. The SMILES string of the molecule is CC(=O)c1c[nH]c(C(=O)Nc2ccc(NC(=O)c3cccs3)cc2)c1. The average Bonchev–Trinajstić information content (AvgIpc) is 3.28. The number of aromatic amines is 1. The molecule has 0 aliphatic carbocycles. The highest BCUT2D eigenvalue weighted by Crippen LogP contribution is 2.17. The van der Waals surface area contributed by atoms with Crippen molar-refractivity contribution >= 4 is 40.3 Å². The molecule has 25 heavy (non-hydrogen) atoms. The van der Waals surface area contributed by atoms with E-state index < -0.39 is 0 Å². The monoisotopic (exact) mass is 353 g/mol. The molecule has 0 fully saturated rings. The van der Waals surface area contributed by atoms with E-state index in [2.05, 4.69) is 15.6 Å². The van der Waals surface area contributed by atoms with Crippen LogP contribution in [-0.4, -0.2) is 22.6 Å². The van der Waals surface area contributed by atoms with Crippen LogP contribution in [0, 0.1) is 0 Å². The van der Waals surface area contributed by atoms with Crippen molar-refractivity contribution in [3.8, 4) is 0 Å². The number of rotatable bonds is 5. The van der Waals surface area contributed by atoms with Crippen molar-refractivity contribution < 1.29 is 14.4 Å². The van der Waals surface area contributed by atoms with Gasteiger partial charge in [0, 0.05) is 23.1 Å². The molecule has 2 aromatic heterocycles. The minimum Gasteiger partial charge on any atom is -0.356 e. The number of hydrogen-bond acceptors (Lipinski definition) is 4. The molecule has 126 valence electrons. The van der Waals surface area contributed by atoms with E-state index in [1.807, 2.05) is 11.4 Å². The summed E-state index contributed by atoms with van der Waals surface area (Å²) in [6, 6.07) is 11.9. The van der Waals surface area contributed by atoms with Crippen molar-refractivity contribution in [2.75, 3.05) is 10.6 Å². The van der Waals surface area contributed by atoms with Crippen molar-refractivity contribution in [2.24, 2.45) is 0 Å². The Kier molecular flexibility index (Phi) is 4.76. The molecule has 0 spiro atoms. The number of carbonyl (C=O) groups excluding carboxylic acids is 3. The molecule has 7 heteroatoms. The summed E-state index contributed by atoms with van der Waals surface area (Å²) in [5.74, 6) is -0.626. The van der Waals surface area contributed by atoms with Gasteiger partial charge in [0.1, 0.15) is 5.69 Å². The number of ketones is 1. The maximum Gasteiger partial charge on any atom is 0.272 e. The minimum absolute atomic E-state index is 0.110. The third-order valence-electron chi connectivity index (χ3n) is 3.48. The second-order valence-corrected chi connectivity index (χ2v) is 6.27. The van der Waals surface area contributed by atoms with Crippen LogP contribution in [0.15, 0.2) is 54.0 Å². The van der Waals surface area contributed by atoms with E-state index in [1.54, 1.807) is 30.3 Å². The predicted molar refractivity (Wildman–Crippen MR) is 97.5 cm³/mol. The van der Waals surface area contributed by atoms with E-state index >= 15 is 0 Å². The first-order chi connectivity index (χ1) is 12.0. The van der Waals surface area contributed by atoms with Crippen molar-refractivity contribution in [3.63, 3.8) is 0 Å². The zero-order valence-electron chi connectivity index (χ0n) is 13.3. The number of benzene rings is 1. The molecule has 0 bridgehead atoms. The van der Waals surface area contributed by atoms with Gasteiger partial charge in [0.25, 0.3) is 11.8 Å². The highest BCUT2D eigenvalue weighted by molar-refractivity contribution is 7.12. The molecular weight excluding hydrogens is 338 g/mol. The van der Waals surface area contributed by atoms with Gasteiger partial charge < -0.3 is 15.6 Å². The Morgan fingerprint density at radius 2 is 1.60 bits per heavy atom. The lowest BCUT2D eigenvalue weighted by Crippen LogP contribution is -2.13. The topological polar surface area (TPSA) is 91.1 Å². The smallest absolute Gasteiger partial charge is 0.272 e. The van der Waals surface area contributed by atoms with Gasteiger partial charge >= 0.3 is 0 Å². The van der Waals surface area contributed by atoms with E-state index in [0.29, 0.717) is 27.5 Å². The molecule has 1 aromatic carbocycles. The minimum atomic E-state index is -0.345. The summed E-state index contributed by atoms with van der Waals surface area (Å²) in [4.78, 5) is 38.8. The maximum absolute atomic E-state index is 12.1. The molecule has 6 nitrogen and oxygen atoms in total. The van der Waals surface area contributed by atoms with E-state index in [0.717, 1.165) is 0 Å². The number of aromatic nitrogens is 1. The standard InChI is InChI=1S/C18H15N3O3S/c1-11(22)12-9-15(19-10-12)17(23)20-13-4-6-14(7-5-13)21-18(24)16-3-2-8-25-16/h2-10,19H,1H3,(H,20,23)(H,21,24). The number of carbonyl (C=O) groups is 3. The molecule has 3 N–H and O–H groups in total. The van der Waals surface area contributed by atoms with Crippen LogP contribution >= 0.6 is 11.3 Å². The number of nitrogens with one attached hydrogen (secondary N) is 3. The highest BCUT2D eigenvalue weighted by Gasteiger charge is 2.11. The first kappa shape index (κ1) is 16.7. The van der Waals surface area contributed by atoms with E-state index in [4.69, 9.17) is 0 Å². The number of anilines is 2. The average molecular weight is 353 g/mol. The van der Waals surface area contributed by atoms with Gasteiger partial charge in [-0.15, -0.1) is 11.3 Å². The second kappa shape index (κ2) is 7.14. The Hall–Kier alpha value is -3.19. The molecule has 3 rings (SSSR count). The van der Waals surface area contributed by atoms with E-state index in [-0.39, 0.29) is 17.6 Å². The predicted octanol–water partition coefficient (Wildman–Crippen LogP) is 3.78. The highest BCUT2D eigenvalue weighted by atomic mass is 32.1. The summed E-state index contributed by atoms with van der Waals surface area (Å²) in [6.45, 7) is 1.44. The number of amides is 2. The number of Topliss-reactive ketones (excluding diaryl/α,β-unsaturated/α-hetero) is 1. The first-order valence-corrected chi connectivity index (χ1v) is 8.36. The van der Waals surface area contributed by atoms with Gasteiger partial charge in [0.15, 0.2) is 5.78 Å². The van der Waals surface area contributed by atoms with E-state index in [1.165, 1.54) is 30.5 Å². The van der Waals surface area contributed by atoms with Gasteiger partial charge in [0.05, 0.1) is 4.88 Å². The quantitative estimate of drug-likeness (QED) is 0.610. The number of H-pyrrole nitrogens is 1. The molecular formula is C18H15N3O3S. The van der Waals surface area contributed by atoms with Crippen LogP contribution in [0.4, 0.5) is 11.4 Å². The summed E-state index contributed by atoms with van der Waals surface area (Å²) >= 11 is 1.37. The van der Waals surface area contributed by atoms with Crippen LogP contribution in [0.25, 0.3) is 0 Å². The molecule has 0 saturated carbocycles. The summed E-state index contributed by atoms with van der Waals surface area (Å²) in [7, 11) is 0. The molecule has 3 aromatic rings. The van der Waals surface area contributed by atoms with Crippen LogP contribution in [0.2, 0.25) is 0 Å². The zero-order chi connectivity index (χ0) is 17.8. The third kappa shape index (κ3) is 4.02. The van der Waals surface area contributed by atoms with Gasteiger partial charge in [-0.2, -0.15) is 0 Å².